The third-order valence-electron chi connectivity index (χ3n) is 7.35. The first-order chi connectivity index (χ1) is 20.0. The molecule has 3 aromatic heterocycles. The fourth-order valence-corrected chi connectivity index (χ4v) is 5.20. The first kappa shape index (κ1) is 28.3. The van der Waals surface area contributed by atoms with Gasteiger partial charge in [0.1, 0.15) is 29.3 Å². The van der Waals surface area contributed by atoms with Crippen molar-refractivity contribution in [3.63, 3.8) is 0 Å². The molecule has 220 valence electrons. The van der Waals surface area contributed by atoms with Crippen molar-refractivity contribution in [2.24, 2.45) is 0 Å². The van der Waals surface area contributed by atoms with Crippen LogP contribution in [-0.4, -0.2) is 54.8 Å². The predicted molar refractivity (Wildman–Crippen MR) is 142 cm³/mol. The number of carboxylic acids is 1. The topological polar surface area (TPSA) is 103 Å². The van der Waals surface area contributed by atoms with Gasteiger partial charge in [-0.25, -0.2) is 24.1 Å². The van der Waals surface area contributed by atoms with Crippen LogP contribution < -0.4 is 4.74 Å². The Hall–Kier alpha value is -3.81. The van der Waals surface area contributed by atoms with Crippen molar-refractivity contribution in [1.82, 2.24) is 24.4 Å². The number of halogens is 5. The summed E-state index contributed by atoms with van der Waals surface area (Å²) in [5.41, 5.74) is 0.743. The second-order valence-electron chi connectivity index (χ2n) is 10.2. The van der Waals surface area contributed by atoms with Gasteiger partial charge in [-0.3, -0.25) is 4.90 Å². The van der Waals surface area contributed by atoms with Gasteiger partial charge in [0.2, 0.25) is 5.88 Å². The highest BCUT2D eigenvalue weighted by molar-refractivity contribution is 6.30. The Morgan fingerprint density at radius 1 is 1.17 bits per heavy atom. The van der Waals surface area contributed by atoms with E-state index in [4.69, 9.17) is 21.1 Å². The number of alkyl halides is 3. The van der Waals surface area contributed by atoms with Crippen molar-refractivity contribution in [3.8, 4) is 5.88 Å². The third kappa shape index (κ3) is 5.76. The Kier molecular flexibility index (Phi) is 7.50. The average Bonchev–Trinajstić information content (AvgIpc) is 3.24. The molecular formula is C28H24ClF4N5O4. The smallest absolute Gasteiger partial charge is 0.421 e. The van der Waals surface area contributed by atoms with Crippen LogP contribution in [0, 0.1) is 5.82 Å². The first-order valence-electron chi connectivity index (χ1n) is 13.2. The van der Waals surface area contributed by atoms with Gasteiger partial charge in [-0.1, -0.05) is 17.7 Å². The van der Waals surface area contributed by atoms with E-state index >= 15 is 0 Å². The molecule has 6 rings (SSSR count). The van der Waals surface area contributed by atoms with Crippen LogP contribution in [0.3, 0.4) is 0 Å². The van der Waals surface area contributed by atoms with Gasteiger partial charge < -0.3 is 19.1 Å². The van der Waals surface area contributed by atoms with E-state index in [1.807, 2.05) is 9.47 Å². The van der Waals surface area contributed by atoms with Gasteiger partial charge in [0.05, 0.1) is 24.9 Å². The van der Waals surface area contributed by atoms with Crippen molar-refractivity contribution in [1.29, 1.82) is 0 Å². The van der Waals surface area contributed by atoms with E-state index in [2.05, 4.69) is 15.0 Å². The van der Waals surface area contributed by atoms with Crippen LogP contribution in [0.15, 0.2) is 36.4 Å². The molecule has 9 nitrogen and oxygen atoms in total. The maximum absolute atomic E-state index is 14.2. The third-order valence-corrected chi connectivity index (χ3v) is 7.58. The number of fused-ring (bicyclic) bond motifs is 2. The number of hydrogen-bond donors (Lipinski definition) is 1. The molecule has 1 aromatic carbocycles. The van der Waals surface area contributed by atoms with Gasteiger partial charge in [0.25, 0.3) is 0 Å². The molecule has 2 aliphatic rings. The highest BCUT2D eigenvalue weighted by atomic mass is 35.5. The zero-order valence-corrected chi connectivity index (χ0v) is 22.8. The van der Waals surface area contributed by atoms with Gasteiger partial charge in [-0.2, -0.15) is 13.2 Å². The molecule has 1 saturated heterocycles. The van der Waals surface area contributed by atoms with Crippen LogP contribution in [0.5, 0.6) is 5.88 Å². The number of nitrogens with zero attached hydrogens (tertiary/aromatic N) is 5. The minimum Gasteiger partial charge on any atom is -0.477 e. The summed E-state index contributed by atoms with van der Waals surface area (Å²) in [6.45, 7) is 1.61. The van der Waals surface area contributed by atoms with Crippen molar-refractivity contribution < 1.29 is 36.9 Å². The van der Waals surface area contributed by atoms with Crippen LogP contribution in [0.25, 0.3) is 11.2 Å². The van der Waals surface area contributed by atoms with Crippen LogP contribution in [0.1, 0.15) is 45.1 Å². The largest absolute Gasteiger partial charge is 0.477 e. The molecule has 0 bridgehead atoms. The number of imidazole rings is 1. The fraction of sp³-hybridized carbons (Fsp3) is 0.357. The number of benzene rings is 1. The predicted octanol–water partition coefficient (Wildman–Crippen LogP) is 5.26. The lowest BCUT2D eigenvalue weighted by Crippen LogP contribution is -2.34. The number of carbonyl (C=O) groups is 1. The van der Waals surface area contributed by atoms with Crippen LogP contribution in [-0.2, 0) is 43.6 Å². The van der Waals surface area contributed by atoms with Gasteiger partial charge in [-0.15, -0.1) is 0 Å². The molecular weight excluding hydrogens is 582 g/mol. The van der Waals surface area contributed by atoms with Gasteiger partial charge >= 0.3 is 12.1 Å². The van der Waals surface area contributed by atoms with E-state index in [0.717, 1.165) is 18.6 Å². The molecule has 1 atom stereocenters. The average molecular weight is 606 g/mol. The summed E-state index contributed by atoms with van der Waals surface area (Å²) in [5.74, 6) is -1.85. The van der Waals surface area contributed by atoms with Crippen LogP contribution in [0.4, 0.5) is 17.6 Å². The number of ether oxygens (including phenoxy) is 2. The number of aromatic carboxylic acids is 1. The molecule has 2 aliphatic heterocycles. The highest BCUT2D eigenvalue weighted by Gasteiger charge is 2.37. The Balaban J connectivity index is 1.27. The molecule has 0 radical (unpaired) electrons. The Morgan fingerprint density at radius 2 is 1.98 bits per heavy atom. The van der Waals surface area contributed by atoms with E-state index in [1.165, 1.54) is 18.2 Å². The summed E-state index contributed by atoms with van der Waals surface area (Å²) >= 11 is 5.77. The van der Waals surface area contributed by atoms with Crippen LogP contribution in [0.2, 0.25) is 5.02 Å². The van der Waals surface area contributed by atoms with Crippen molar-refractivity contribution in [3.05, 3.63) is 81.1 Å². The molecule has 42 heavy (non-hydrogen) atoms. The summed E-state index contributed by atoms with van der Waals surface area (Å²) < 4.78 is 68.8. The van der Waals surface area contributed by atoms with E-state index in [1.54, 1.807) is 6.07 Å². The lowest BCUT2D eigenvalue weighted by molar-refractivity contribution is -0.139. The van der Waals surface area contributed by atoms with E-state index in [0.29, 0.717) is 60.9 Å². The lowest BCUT2D eigenvalue weighted by Gasteiger charge is -2.30. The summed E-state index contributed by atoms with van der Waals surface area (Å²) in [6, 6.07) is 7.88. The molecule has 14 heteroatoms. The van der Waals surface area contributed by atoms with Gasteiger partial charge in [-0.05, 0) is 48.7 Å². The standard InChI is InChI=1S/C28H24ClF4N5O4/c29-17-2-1-16(20(30)10-17)14-42-26-19(28(31,32)33)9-15-5-7-37(12-23(15)36-26)13-24-34-21-3-4-22(27(39)40)35-25(21)38(24)11-18-6-8-41-18/h1-4,9-10,18H,5-8,11-14H2,(H,39,40)/t18-/m0/s1. The number of aromatic nitrogens is 4. The highest BCUT2D eigenvalue weighted by Crippen LogP contribution is 2.38. The Labute approximate surface area is 241 Å². The number of pyridine rings is 2. The molecule has 0 amide bonds. The summed E-state index contributed by atoms with van der Waals surface area (Å²) in [7, 11) is 0. The summed E-state index contributed by atoms with van der Waals surface area (Å²) in [5, 5.41) is 9.58. The quantitative estimate of drug-likeness (QED) is 0.271. The molecule has 0 aliphatic carbocycles. The number of carboxylic acid groups (broad SMARTS) is 1. The minimum atomic E-state index is -4.72. The number of rotatable bonds is 8. The van der Waals surface area contributed by atoms with Gasteiger partial charge in [0.15, 0.2) is 11.3 Å². The second-order valence-corrected chi connectivity index (χ2v) is 10.6. The maximum atomic E-state index is 14.2. The normalized spacial score (nSPS) is 17.2. The molecule has 0 spiro atoms. The van der Waals surface area contributed by atoms with E-state index in [9.17, 15) is 27.5 Å². The molecule has 0 unspecified atom stereocenters. The molecule has 1 fully saturated rings. The summed E-state index contributed by atoms with van der Waals surface area (Å²) in [4.78, 5) is 26.7. The monoisotopic (exact) mass is 605 g/mol. The van der Waals surface area contributed by atoms with E-state index in [-0.39, 0.29) is 28.9 Å². The van der Waals surface area contributed by atoms with Gasteiger partial charge in [0, 0.05) is 30.3 Å². The number of hydrogen-bond acceptors (Lipinski definition) is 7. The fourth-order valence-electron chi connectivity index (χ4n) is 5.04. The van der Waals surface area contributed by atoms with Crippen LogP contribution >= 0.6 is 11.6 Å². The second kappa shape index (κ2) is 11.1. The zero-order chi connectivity index (χ0) is 29.6. The Bertz CT molecular complexity index is 1670. The summed E-state index contributed by atoms with van der Waals surface area (Å²) in [6.07, 6.45) is -3.61. The maximum Gasteiger partial charge on any atom is 0.421 e. The van der Waals surface area contributed by atoms with Crippen molar-refractivity contribution in [2.75, 3.05) is 13.2 Å². The zero-order valence-electron chi connectivity index (χ0n) is 22.0. The van der Waals surface area contributed by atoms with Crippen molar-refractivity contribution in [2.45, 2.75) is 51.4 Å². The lowest BCUT2D eigenvalue weighted by atomic mass is 10.0. The molecule has 1 N–H and O–H groups in total. The molecule has 0 saturated carbocycles. The molecule has 4 aromatic rings. The molecule has 5 heterocycles. The Morgan fingerprint density at radius 3 is 2.67 bits per heavy atom. The van der Waals surface area contributed by atoms with E-state index < -0.39 is 36.0 Å². The van der Waals surface area contributed by atoms with Crippen molar-refractivity contribution >= 4 is 28.7 Å². The minimum absolute atomic E-state index is 0.0441. The SMILES string of the molecule is O=C(O)c1ccc2nc(CN3CCc4cc(C(F)(F)F)c(OCc5ccc(Cl)cc5F)nc4C3)n(C[C@@H]3CCO3)c2n1. The first-order valence-corrected chi connectivity index (χ1v) is 13.5.